The summed E-state index contributed by atoms with van der Waals surface area (Å²) in [4.78, 5) is 0. The van der Waals surface area contributed by atoms with Gasteiger partial charge in [0.2, 0.25) is 11.8 Å². The predicted octanol–water partition coefficient (Wildman–Crippen LogP) is 3.20. The van der Waals surface area contributed by atoms with Crippen molar-refractivity contribution < 1.29 is 40.5 Å². The molecule has 11 heteroatoms. The van der Waals surface area contributed by atoms with E-state index in [4.69, 9.17) is 0 Å². The quantitative estimate of drug-likeness (QED) is 0.543. The van der Waals surface area contributed by atoms with Crippen molar-refractivity contribution in [2.75, 3.05) is 0 Å². The highest BCUT2D eigenvalue weighted by Crippen LogP contribution is 2.71. The normalized spacial score (nSPS) is 38.6. The van der Waals surface area contributed by atoms with Crippen molar-refractivity contribution >= 4 is 10.1 Å². The molecule has 0 saturated heterocycles. The summed E-state index contributed by atoms with van der Waals surface area (Å²) in [6, 6.07) is 1.54. The molecule has 7 unspecified atom stereocenters. The number of aromatic nitrogens is 1. The summed E-state index contributed by atoms with van der Waals surface area (Å²) < 4.78 is 87.4. The summed E-state index contributed by atoms with van der Waals surface area (Å²) in [5, 5.41) is 13.3. The van der Waals surface area contributed by atoms with Crippen molar-refractivity contribution in [2.45, 2.75) is 43.3 Å². The van der Waals surface area contributed by atoms with E-state index in [2.05, 4.69) is 4.28 Å². The van der Waals surface area contributed by atoms with Crippen molar-refractivity contribution in [3.8, 4) is 11.8 Å². The van der Waals surface area contributed by atoms with Gasteiger partial charge in [-0.15, -0.1) is 0 Å². The van der Waals surface area contributed by atoms with E-state index in [-0.39, 0.29) is 28.9 Å². The first-order valence-corrected chi connectivity index (χ1v) is 11.2. The van der Waals surface area contributed by atoms with Gasteiger partial charge in [0.25, 0.3) is 0 Å². The van der Waals surface area contributed by atoms with Crippen LogP contribution >= 0.6 is 0 Å². The van der Waals surface area contributed by atoms with Gasteiger partial charge in [0, 0.05) is 18.1 Å². The van der Waals surface area contributed by atoms with Crippen LogP contribution in [0.15, 0.2) is 12.1 Å². The van der Waals surface area contributed by atoms with Gasteiger partial charge in [-0.2, -0.15) is 26.0 Å². The van der Waals surface area contributed by atoms with Crippen LogP contribution in [0.25, 0.3) is 0 Å². The van der Waals surface area contributed by atoms with E-state index in [1.165, 1.54) is 0 Å². The van der Waals surface area contributed by atoms with E-state index < -0.39 is 44.9 Å². The second kappa shape index (κ2) is 5.73. The van der Waals surface area contributed by atoms with E-state index in [0.29, 0.717) is 18.3 Å². The molecule has 5 rings (SSSR count). The van der Waals surface area contributed by atoms with Gasteiger partial charge in [0.15, 0.2) is 0 Å². The van der Waals surface area contributed by atoms with Crippen LogP contribution in [0.5, 0.6) is 11.8 Å². The van der Waals surface area contributed by atoms with Gasteiger partial charge < -0.3 is 10.2 Å². The molecule has 29 heavy (non-hydrogen) atoms. The molecule has 0 radical (unpaired) electrons. The molecule has 4 aliphatic rings. The molecular formula is C18H21F4NO5S. The maximum Gasteiger partial charge on any atom is 0.444 e. The Labute approximate surface area is 164 Å². The predicted molar refractivity (Wildman–Crippen MR) is 90.7 cm³/mol. The molecular weight excluding hydrogens is 418 g/mol. The lowest BCUT2D eigenvalue weighted by atomic mass is 9.66. The molecule has 0 spiro atoms. The van der Waals surface area contributed by atoms with Crippen molar-refractivity contribution in [1.29, 1.82) is 0 Å². The standard InChI is InChI=1S/C18H21F4NO5S/c19-17(20,18(21,22)29(26,27)28-23-13(24)3-4-14(23)25)12-7-10-6-11(12)16-9-2-1-8(5-9)15(10)16/h3-4,8-12,15-16,24-25H,1-2,5-7H2. The second-order valence-corrected chi connectivity index (χ2v) is 10.6. The van der Waals surface area contributed by atoms with Crippen LogP contribution in [-0.4, -0.2) is 34.5 Å². The Morgan fingerprint density at radius 3 is 2.14 bits per heavy atom. The number of fused-ring (bicyclic) bond motifs is 9. The molecule has 0 amide bonds. The van der Waals surface area contributed by atoms with Gasteiger partial charge in [0.1, 0.15) is 0 Å². The average Bonchev–Trinajstić information content (AvgIpc) is 3.44. The number of alkyl halides is 4. The maximum absolute atomic E-state index is 15.0. The number of halogens is 4. The Kier molecular flexibility index (Phi) is 3.82. The average molecular weight is 439 g/mol. The van der Waals surface area contributed by atoms with Gasteiger partial charge in [-0.3, -0.25) is 4.28 Å². The first kappa shape index (κ1) is 19.3. The third-order valence-corrected chi connectivity index (χ3v) is 9.12. The van der Waals surface area contributed by atoms with E-state index in [9.17, 15) is 27.4 Å². The van der Waals surface area contributed by atoms with Gasteiger partial charge in [0.05, 0.1) is 0 Å². The lowest BCUT2D eigenvalue weighted by Gasteiger charge is -2.42. The largest absolute Gasteiger partial charge is 0.492 e. The molecule has 4 fully saturated rings. The molecule has 4 aliphatic carbocycles. The first-order chi connectivity index (χ1) is 13.5. The zero-order chi connectivity index (χ0) is 20.9. The Bertz CT molecular complexity index is 929. The van der Waals surface area contributed by atoms with E-state index in [1.54, 1.807) is 0 Å². The Hall–Kier alpha value is -1.65. The smallest absolute Gasteiger partial charge is 0.444 e. The van der Waals surface area contributed by atoms with Crippen LogP contribution in [0.1, 0.15) is 32.1 Å². The summed E-state index contributed by atoms with van der Waals surface area (Å²) in [7, 11) is -6.21. The van der Waals surface area contributed by atoms with Crippen LogP contribution in [0.2, 0.25) is 0 Å². The van der Waals surface area contributed by atoms with Crippen LogP contribution in [0.3, 0.4) is 0 Å². The van der Waals surface area contributed by atoms with Crippen molar-refractivity contribution in [2.24, 2.45) is 41.4 Å². The fourth-order valence-corrected chi connectivity index (χ4v) is 7.92. The highest BCUT2D eigenvalue weighted by molar-refractivity contribution is 7.88. The highest BCUT2D eigenvalue weighted by atomic mass is 32.2. The number of hydrogen-bond donors (Lipinski definition) is 2. The molecule has 7 atom stereocenters. The molecule has 162 valence electrons. The van der Waals surface area contributed by atoms with Gasteiger partial charge in [-0.1, -0.05) is 4.73 Å². The molecule has 6 nitrogen and oxygen atoms in total. The topological polar surface area (TPSA) is 88.8 Å². The Balaban J connectivity index is 1.43. The second-order valence-electron chi connectivity index (χ2n) is 9.00. The maximum atomic E-state index is 15.0. The lowest BCUT2D eigenvalue weighted by Crippen LogP contribution is -2.56. The highest BCUT2D eigenvalue weighted by Gasteiger charge is 2.76. The van der Waals surface area contributed by atoms with E-state index >= 15 is 8.78 Å². The third kappa shape index (κ3) is 2.36. The van der Waals surface area contributed by atoms with Crippen molar-refractivity contribution in [3.63, 3.8) is 0 Å². The minimum absolute atomic E-state index is 0.0275. The summed E-state index contributed by atoms with van der Waals surface area (Å²) >= 11 is 0. The molecule has 4 bridgehead atoms. The SMILES string of the molecule is O=S(=O)(On1c(O)ccc1O)C(F)(F)C(F)(F)C1CC2CC1C1C3CCC(C3)C21. The van der Waals surface area contributed by atoms with Gasteiger partial charge in [-0.05, 0) is 67.6 Å². The van der Waals surface area contributed by atoms with Crippen LogP contribution in [0.4, 0.5) is 17.6 Å². The minimum Gasteiger partial charge on any atom is -0.492 e. The van der Waals surface area contributed by atoms with E-state index in [1.807, 2.05) is 0 Å². The van der Waals surface area contributed by atoms with Gasteiger partial charge in [-0.25, -0.2) is 0 Å². The summed E-state index contributed by atoms with van der Waals surface area (Å²) in [5.74, 6) is -8.26. The molecule has 0 aromatic carbocycles. The van der Waals surface area contributed by atoms with E-state index in [0.717, 1.165) is 31.4 Å². The summed E-state index contributed by atoms with van der Waals surface area (Å²) in [6.45, 7) is 0. The Morgan fingerprint density at radius 2 is 1.52 bits per heavy atom. The van der Waals surface area contributed by atoms with Crippen LogP contribution in [0, 0.1) is 41.4 Å². The Morgan fingerprint density at radius 1 is 0.931 bits per heavy atom. The minimum atomic E-state index is -6.21. The first-order valence-electron chi connectivity index (χ1n) is 9.75. The van der Waals surface area contributed by atoms with Gasteiger partial charge >= 0.3 is 21.3 Å². The monoisotopic (exact) mass is 439 g/mol. The number of nitrogens with zero attached hydrogens (tertiary/aromatic N) is 1. The number of aromatic hydroxyl groups is 2. The number of rotatable bonds is 5. The van der Waals surface area contributed by atoms with Crippen molar-refractivity contribution in [1.82, 2.24) is 4.73 Å². The molecule has 0 aliphatic heterocycles. The zero-order valence-electron chi connectivity index (χ0n) is 15.2. The third-order valence-electron chi connectivity index (χ3n) is 7.87. The van der Waals surface area contributed by atoms with Crippen LogP contribution in [-0.2, 0) is 10.1 Å². The fraction of sp³-hybridized carbons (Fsp3) is 0.778. The van der Waals surface area contributed by atoms with Crippen molar-refractivity contribution in [3.05, 3.63) is 12.1 Å². The molecule has 2 N–H and O–H groups in total. The zero-order valence-corrected chi connectivity index (χ0v) is 16.0. The molecule has 1 aromatic heterocycles. The summed E-state index contributed by atoms with van der Waals surface area (Å²) in [5.41, 5.74) is 0. The number of hydrogen-bond acceptors (Lipinski definition) is 5. The molecule has 1 aromatic rings. The summed E-state index contributed by atoms with van der Waals surface area (Å²) in [6.07, 6.45) is 3.28. The molecule has 1 heterocycles. The molecule has 4 saturated carbocycles. The fourth-order valence-electron chi connectivity index (χ4n) is 6.99. The lowest BCUT2D eigenvalue weighted by molar-refractivity contribution is -0.210. The van der Waals surface area contributed by atoms with Crippen LogP contribution < -0.4 is 4.28 Å².